The number of carboxylic acid groups (broad SMARTS) is 1. The Hall–Kier alpha value is -1.66. The molecule has 2 heterocycles. The second-order valence-electron chi connectivity index (χ2n) is 3.11. The van der Waals surface area contributed by atoms with Gasteiger partial charge in [-0.05, 0) is 12.1 Å². The van der Waals surface area contributed by atoms with Crippen LogP contribution in [0.1, 0.15) is 10.4 Å². The number of anilines is 1. The molecule has 0 spiro atoms. The maximum atomic E-state index is 10.9. The molecule has 17 heavy (non-hydrogen) atoms. The molecule has 0 aromatic carbocycles. The standard InChI is InChI=1S/C10H8ClN3O2S/c1-12-8-5(10(15)16)4-13-9(14-8)6-2-3-7(11)17-6/h2-4H,1H3,(H,15,16)(H,12,13,14). The molecule has 0 aliphatic rings. The van der Waals surface area contributed by atoms with Crippen molar-refractivity contribution in [3.8, 4) is 10.7 Å². The monoisotopic (exact) mass is 269 g/mol. The first-order chi connectivity index (χ1) is 8.11. The fourth-order valence-corrected chi connectivity index (χ4v) is 2.27. The normalized spacial score (nSPS) is 10.2. The number of aromatic carboxylic acids is 1. The van der Waals surface area contributed by atoms with Crippen LogP contribution in [-0.2, 0) is 0 Å². The minimum Gasteiger partial charge on any atom is -0.477 e. The molecule has 7 heteroatoms. The van der Waals surface area contributed by atoms with Crippen LogP contribution in [0.5, 0.6) is 0 Å². The van der Waals surface area contributed by atoms with Crippen LogP contribution in [0.25, 0.3) is 10.7 Å². The Bertz CT molecular complexity index is 570. The average molecular weight is 270 g/mol. The highest BCUT2D eigenvalue weighted by Crippen LogP contribution is 2.29. The molecule has 0 aliphatic heterocycles. The molecule has 88 valence electrons. The minimum atomic E-state index is -1.06. The van der Waals surface area contributed by atoms with Crippen molar-refractivity contribution < 1.29 is 9.90 Å². The van der Waals surface area contributed by atoms with Crippen molar-refractivity contribution >= 4 is 34.7 Å². The molecule has 5 nitrogen and oxygen atoms in total. The summed E-state index contributed by atoms with van der Waals surface area (Å²) in [5, 5.41) is 11.7. The summed E-state index contributed by atoms with van der Waals surface area (Å²) < 4.78 is 0.636. The van der Waals surface area contributed by atoms with Crippen LogP contribution in [-0.4, -0.2) is 28.1 Å². The Morgan fingerprint density at radius 2 is 2.29 bits per heavy atom. The largest absolute Gasteiger partial charge is 0.477 e. The van der Waals surface area contributed by atoms with E-state index in [0.29, 0.717) is 10.2 Å². The predicted octanol–water partition coefficient (Wildman–Crippen LogP) is 2.60. The summed E-state index contributed by atoms with van der Waals surface area (Å²) in [6.07, 6.45) is 1.28. The molecule has 2 N–H and O–H groups in total. The molecule has 0 fully saturated rings. The molecule has 0 radical (unpaired) electrons. The zero-order valence-corrected chi connectivity index (χ0v) is 10.3. The number of rotatable bonds is 3. The number of nitrogens with one attached hydrogen (secondary N) is 1. The highest BCUT2D eigenvalue weighted by molar-refractivity contribution is 7.19. The van der Waals surface area contributed by atoms with Crippen LogP contribution < -0.4 is 5.32 Å². The maximum Gasteiger partial charge on any atom is 0.341 e. The zero-order valence-electron chi connectivity index (χ0n) is 8.77. The number of carboxylic acids is 1. The van der Waals surface area contributed by atoms with E-state index in [1.165, 1.54) is 17.5 Å². The summed E-state index contributed by atoms with van der Waals surface area (Å²) in [5.74, 6) is -0.326. The Kier molecular flexibility index (Phi) is 3.26. The Morgan fingerprint density at radius 1 is 1.53 bits per heavy atom. The van der Waals surface area contributed by atoms with Gasteiger partial charge in [0, 0.05) is 13.2 Å². The third-order valence-corrected chi connectivity index (χ3v) is 3.28. The summed E-state index contributed by atoms with van der Waals surface area (Å²) in [4.78, 5) is 19.8. The van der Waals surface area contributed by atoms with Crippen molar-refractivity contribution in [3.05, 3.63) is 28.2 Å². The Balaban J connectivity index is 2.48. The number of thiophene rings is 1. The van der Waals surface area contributed by atoms with Crippen LogP contribution in [0, 0.1) is 0 Å². The first-order valence-electron chi connectivity index (χ1n) is 4.65. The zero-order chi connectivity index (χ0) is 12.4. The summed E-state index contributed by atoms with van der Waals surface area (Å²) >= 11 is 7.16. The second kappa shape index (κ2) is 4.68. The molecule has 0 bridgehead atoms. The summed E-state index contributed by atoms with van der Waals surface area (Å²) in [6, 6.07) is 3.54. The predicted molar refractivity (Wildman–Crippen MR) is 66.9 cm³/mol. The number of aromatic nitrogens is 2. The molecule has 0 saturated heterocycles. The highest BCUT2D eigenvalue weighted by Gasteiger charge is 2.14. The highest BCUT2D eigenvalue weighted by atomic mass is 35.5. The van der Waals surface area contributed by atoms with Gasteiger partial charge in [-0.2, -0.15) is 0 Å². The average Bonchev–Trinajstić information content (AvgIpc) is 2.75. The molecule has 0 saturated carbocycles. The van der Waals surface area contributed by atoms with E-state index in [4.69, 9.17) is 16.7 Å². The van der Waals surface area contributed by atoms with Crippen molar-refractivity contribution in [3.63, 3.8) is 0 Å². The van der Waals surface area contributed by atoms with E-state index in [9.17, 15) is 4.79 Å². The van der Waals surface area contributed by atoms with E-state index in [-0.39, 0.29) is 11.4 Å². The van der Waals surface area contributed by atoms with Gasteiger partial charge in [0.05, 0.1) is 9.21 Å². The summed E-state index contributed by atoms with van der Waals surface area (Å²) in [7, 11) is 1.61. The Morgan fingerprint density at radius 3 is 2.82 bits per heavy atom. The number of halogens is 1. The van der Waals surface area contributed by atoms with Crippen molar-refractivity contribution in [2.75, 3.05) is 12.4 Å². The van der Waals surface area contributed by atoms with E-state index in [1.54, 1.807) is 19.2 Å². The number of carbonyl (C=O) groups is 1. The topological polar surface area (TPSA) is 75.1 Å². The van der Waals surface area contributed by atoms with Crippen molar-refractivity contribution in [1.29, 1.82) is 0 Å². The van der Waals surface area contributed by atoms with Gasteiger partial charge >= 0.3 is 5.97 Å². The minimum absolute atomic E-state index is 0.0407. The van der Waals surface area contributed by atoms with Gasteiger partial charge in [-0.1, -0.05) is 11.6 Å². The van der Waals surface area contributed by atoms with Gasteiger partial charge in [0.15, 0.2) is 5.82 Å². The second-order valence-corrected chi connectivity index (χ2v) is 4.83. The molecular formula is C10H8ClN3O2S. The fraction of sp³-hybridized carbons (Fsp3) is 0.100. The molecule has 0 atom stereocenters. The van der Waals surface area contributed by atoms with Crippen LogP contribution >= 0.6 is 22.9 Å². The number of hydrogen-bond acceptors (Lipinski definition) is 5. The van der Waals surface area contributed by atoms with Gasteiger partial charge in [-0.3, -0.25) is 0 Å². The van der Waals surface area contributed by atoms with E-state index in [1.807, 2.05) is 0 Å². The van der Waals surface area contributed by atoms with Crippen LogP contribution in [0.3, 0.4) is 0 Å². The van der Waals surface area contributed by atoms with Gasteiger partial charge in [-0.15, -0.1) is 11.3 Å². The summed E-state index contributed by atoms with van der Waals surface area (Å²) in [6.45, 7) is 0. The van der Waals surface area contributed by atoms with Gasteiger partial charge in [0.1, 0.15) is 11.4 Å². The van der Waals surface area contributed by atoms with Gasteiger partial charge in [0.25, 0.3) is 0 Å². The van der Waals surface area contributed by atoms with E-state index in [2.05, 4.69) is 15.3 Å². The SMILES string of the molecule is CNc1nc(-c2ccc(Cl)s2)ncc1C(=O)O. The molecule has 0 aliphatic carbocycles. The first-order valence-corrected chi connectivity index (χ1v) is 5.85. The molecular weight excluding hydrogens is 262 g/mol. The molecule has 0 amide bonds. The third-order valence-electron chi connectivity index (χ3n) is 2.05. The number of nitrogens with zero attached hydrogens (tertiary/aromatic N) is 2. The molecule has 0 unspecified atom stereocenters. The lowest BCUT2D eigenvalue weighted by Gasteiger charge is -2.05. The lowest BCUT2D eigenvalue weighted by Crippen LogP contribution is -2.06. The lowest BCUT2D eigenvalue weighted by atomic mass is 10.3. The van der Waals surface area contributed by atoms with E-state index < -0.39 is 5.97 Å². The molecule has 2 aromatic heterocycles. The van der Waals surface area contributed by atoms with Crippen molar-refractivity contribution in [2.24, 2.45) is 0 Å². The summed E-state index contributed by atoms with van der Waals surface area (Å²) in [5.41, 5.74) is 0.0407. The number of hydrogen-bond donors (Lipinski definition) is 2. The van der Waals surface area contributed by atoms with Crippen molar-refractivity contribution in [2.45, 2.75) is 0 Å². The van der Waals surface area contributed by atoms with Gasteiger partial charge in [-0.25, -0.2) is 14.8 Å². The fourth-order valence-electron chi connectivity index (χ4n) is 1.28. The van der Waals surface area contributed by atoms with Crippen LogP contribution in [0.15, 0.2) is 18.3 Å². The lowest BCUT2D eigenvalue weighted by molar-refractivity contribution is 0.0697. The molecule has 2 aromatic rings. The van der Waals surface area contributed by atoms with Gasteiger partial charge in [0.2, 0.25) is 0 Å². The van der Waals surface area contributed by atoms with Crippen LogP contribution in [0.4, 0.5) is 5.82 Å². The Labute approximate surface area is 106 Å². The van der Waals surface area contributed by atoms with Crippen LogP contribution in [0.2, 0.25) is 4.34 Å². The van der Waals surface area contributed by atoms with E-state index in [0.717, 1.165) is 4.88 Å². The molecule has 2 rings (SSSR count). The quantitative estimate of drug-likeness (QED) is 0.896. The first kappa shape index (κ1) is 11.8. The third kappa shape index (κ3) is 2.37. The van der Waals surface area contributed by atoms with Crippen molar-refractivity contribution in [1.82, 2.24) is 9.97 Å². The van der Waals surface area contributed by atoms with E-state index >= 15 is 0 Å². The maximum absolute atomic E-state index is 10.9. The van der Waals surface area contributed by atoms with Gasteiger partial charge < -0.3 is 10.4 Å². The smallest absolute Gasteiger partial charge is 0.341 e.